The summed E-state index contributed by atoms with van der Waals surface area (Å²) in [6.07, 6.45) is 0.295. The number of carbonyl (C=O) groups is 3. The number of nitrogens with one attached hydrogen (secondary N) is 3. The number of H-pyrrole nitrogens is 1. The summed E-state index contributed by atoms with van der Waals surface area (Å²) in [5.41, 5.74) is 1.65. The molecule has 1 fully saturated rings. The van der Waals surface area contributed by atoms with Crippen LogP contribution in [0.2, 0.25) is 5.02 Å². The average molecular weight is 590 g/mol. The first-order valence-electron chi connectivity index (χ1n) is 13.2. The van der Waals surface area contributed by atoms with Crippen molar-refractivity contribution < 1.29 is 28.6 Å². The van der Waals surface area contributed by atoms with E-state index in [1.807, 2.05) is 30.3 Å². The van der Waals surface area contributed by atoms with Crippen molar-refractivity contribution in [1.82, 2.24) is 14.9 Å². The van der Waals surface area contributed by atoms with Gasteiger partial charge >= 0.3 is 12.2 Å². The molecule has 1 unspecified atom stereocenters. The molecule has 3 heterocycles. The summed E-state index contributed by atoms with van der Waals surface area (Å²) in [6, 6.07) is 19.1. The molecule has 3 amide bonds. The summed E-state index contributed by atoms with van der Waals surface area (Å²) >= 11 is 6.08. The van der Waals surface area contributed by atoms with E-state index in [0.717, 1.165) is 5.56 Å². The smallest absolute Gasteiger partial charge is 0.412 e. The zero-order valence-electron chi connectivity index (χ0n) is 22.1. The third-order valence-corrected chi connectivity index (χ3v) is 7.87. The lowest BCUT2D eigenvalue weighted by Crippen LogP contribution is -2.44. The van der Waals surface area contributed by atoms with Crippen molar-refractivity contribution in [3.8, 4) is 11.4 Å². The van der Waals surface area contributed by atoms with Crippen LogP contribution >= 0.6 is 11.6 Å². The summed E-state index contributed by atoms with van der Waals surface area (Å²) in [5, 5.41) is 13.6. The average Bonchev–Trinajstić information content (AvgIpc) is 3.62. The van der Waals surface area contributed by atoms with Crippen LogP contribution in [0.3, 0.4) is 0 Å². The van der Waals surface area contributed by atoms with Gasteiger partial charge in [0, 0.05) is 36.1 Å². The van der Waals surface area contributed by atoms with Gasteiger partial charge in [0.1, 0.15) is 5.82 Å². The Morgan fingerprint density at radius 3 is 2.64 bits per heavy atom. The van der Waals surface area contributed by atoms with Gasteiger partial charge in [-0.2, -0.15) is 0 Å². The number of ether oxygens (including phenoxy) is 1. The number of anilines is 2. The fourth-order valence-corrected chi connectivity index (χ4v) is 5.77. The van der Waals surface area contributed by atoms with E-state index < -0.39 is 29.5 Å². The van der Waals surface area contributed by atoms with Crippen molar-refractivity contribution in [1.29, 1.82) is 0 Å². The number of hydrogen-bond acceptors (Lipinski definition) is 5. The van der Waals surface area contributed by atoms with E-state index in [0.29, 0.717) is 29.2 Å². The predicted octanol–water partition coefficient (Wildman–Crippen LogP) is 5.98. The third-order valence-electron chi connectivity index (χ3n) is 7.58. The molecule has 1 aromatic heterocycles. The van der Waals surface area contributed by atoms with E-state index >= 15 is 4.39 Å². The molecule has 0 aliphatic carbocycles. The van der Waals surface area contributed by atoms with Crippen LogP contribution in [0.4, 0.5) is 25.4 Å². The van der Waals surface area contributed by atoms with Crippen molar-refractivity contribution in [2.24, 2.45) is 0 Å². The number of amides is 3. The van der Waals surface area contributed by atoms with E-state index in [4.69, 9.17) is 21.4 Å². The number of fused-ring (bicyclic) bond motifs is 2. The predicted molar refractivity (Wildman–Crippen MR) is 153 cm³/mol. The number of carboxylic acid groups (broad SMARTS) is 1. The monoisotopic (exact) mass is 589 g/mol. The number of aromatic nitrogens is 2. The van der Waals surface area contributed by atoms with Crippen LogP contribution in [0, 0.1) is 5.82 Å². The number of likely N-dealkylation sites (tertiary alicyclic amines) is 1. The van der Waals surface area contributed by atoms with Crippen LogP contribution in [-0.2, 0) is 21.6 Å². The van der Waals surface area contributed by atoms with Gasteiger partial charge in [-0.15, -0.1) is 0 Å². The number of benzene rings is 3. The first-order chi connectivity index (χ1) is 20.2. The standard InChI is InChI=1S/C30H25ClFN5O5/c31-21-10-11-22-24(25(21)32)30(42-29(41)36-22)12-13-37(16-30)27(38)20(14-17-4-2-1-3-5-17)23-15-33-26(35-23)18-6-8-19(9-7-18)34-28(39)40/h1-11,15,20,34H,12-14,16H2,(H,33,35)(H,36,41)(H,39,40)/t20?,30-/m0/s1. The van der Waals surface area contributed by atoms with Crippen LogP contribution < -0.4 is 10.6 Å². The van der Waals surface area contributed by atoms with Crippen molar-refractivity contribution in [3.05, 3.63) is 101 Å². The SMILES string of the molecule is O=C(O)Nc1ccc(-c2ncc(C(Cc3ccccc3)C(=O)N3CC[C@@]4(C3)OC(=O)Nc3ccc(Cl)c(F)c34)[nH]2)cc1. The minimum Gasteiger partial charge on any atom is -0.465 e. The van der Waals surface area contributed by atoms with E-state index in [-0.39, 0.29) is 41.7 Å². The molecule has 214 valence electrons. The number of rotatable bonds is 6. The topological polar surface area (TPSA) is 137 Å². The van der Waals surface area contributed by atoms with Gasteiger partial charge in [-0.3, -0.25) is 15.4 Å². The first kappa shape index (κ1) is 27.3. The molecule has 2 aliphatic heterocycles. The Hall–Kier alpha value is -4.90. The molecule has 6 rings (SSSR count). The molecule has 1 spiro atoms. The second-order valence-electron chi connectivity index (χ2n) is 10.2. The Kier molecular flexibility index (Phi) is 7.03. The van der Waals surface area contributed by atoms with Crippen molar-refractivity contribution in [2.75, 3.05) is 23.7 Å². The van der Waals surface area contributed by atoms with Gasteiger partial charge < -0.3 is 19.7 Å². The van der Waals surface area contributed by atoms with E-state index in [2.05, 4.69) is 20.6 Å². The maximum Gasteiger partial charge on any atom is 0.412 e. The highest BCUT2D eigenvalue weighted by Crippen LogP contribution is 2.46. The minimum absolute atomic E-state index is 0.0339. The van der Waals surface area contributed by atoms with Crippen LogP contribution in [0.25, 0.3) is 11.4 Å². The molecule has 2 aliphatic rings. The molecule has 4 N–H and O–H groups in total. The third kappa shape index (κ3) is 5.14. The summed E-state index contributed by atoms with van der Waals surface area (Å²) < 4.78 is 21.0. The lowest BCUT2D eigenvalue weighted by Gasteiger charge is -2.36. The van der Waals surface area contributed by atoms with Crippen LogP contribution in [0.5, 0.6) is 0 Å². The molecule has 0 radical (unpaired) electrons. The van der Waals surface area contributed by atoms with E-state index in [1.165, 1.54) is 12.1 Å². The Morgan fingerprint density at radius 1 is 1.14 bits per heavy atom. The molecule has 12 heteroatoms. The number of nitrogens with zero attached hydrogens (tertiary/aromatic N) is 2. The van der Waals surface area contributed by atoms with Crippen molar-refractivity contribution >= 4 is 41.1 Å². The quantitative estimate of drug-likeness (QED) is 0.218. The number of imidazole rings is 1. The lowest BCUT2D eigenvalue weighted by molar-refractivity contribution is -0.133. The Bertz CT molecular complexity index is 1680. The van der Waals surface area contributed by atoms with Gasteiger partial charge in [0.15, 0.2) is 11.4 Å². The molecule has 2 atom stereocenters. The summed E-state index contributed by atoms with van der Waals surface area (Å²) in [7, 11) is 0. The van der Waals surface area contributed by atoms with Gasteiger partial charge in [-0.1, -0.05) is 41.9 Å². The number of carbonyl (C=O) groups excluding carboxylic acids is 2. The van der Waals surface area contributed by atoms with E-state index in [1.54, 1.807) is 35.4 Å². The zero-order chi connectivity index (χ0) is 29.4. The summed E-state index contributed by atoms with van der Waals surface area (Å²) in [5.74, 6) is -1.08. The van der Waals surface area contributed by atoms with Crippen molar-refractivity contribution in [3.63, 3.8) is 0 Å². The van der Waals surface area contributed by atoms with Crippen LogP contribution in [0.15, 0.2) is 72.9 Å². The zero-order valence-corrected chi connectivity index (χ0v) is 22.8. The molecular formula is C30H25ClFN5O5. The maximum absolute atomic E-state index is 15.3. The number of hydrogen-bond donors (Lipinski definition) is 4. The van der Waals surface area contributed by atoms with E-state index in [9.17, 15) is 14.4 Å². The second-order valence-corrected chi connectivity index (χ2v) is 10.6. The molecule has 0 saturated carbocycles. The van der Waals surface area contributed by atoms with Crippen LogP contribution in [-0.4, -0.2) is 51.2 Å². The van der Waals surface area contributed by atoms with Gasteiger partial charge in [0.05, 0.1) is 28.7 Å². The molecule has 1 saturated heterocycles. The molecular weight excluding hydrogens is 565 g/mol. The highest BCUT2D eigenvalue weighted by Gasteiger charge is 2.51. The van der Waals surface area contributed by atoms with Crippen molar-refractivity contribution in [2.45, 2.75) is 24.4 Å². The second kappa shape index (κ2) is 10.8. The lowest BCUT2D eigenvalue weighted by atomic mass is 9.89. The Balaban J connectivity index is 1.30. The maximum atomic E-state index is 15.3. The van der Waals surface area contributed by atoms with Crippen LogP contribution in [0.1, 0.15) is 29.2 Å². The number of aromatic amines is 1. The number of halogens is 2. The molecule has 0 bridgehead atoms. The van der Waals surface area contributed by atoms with Gasteiger partial charge in [-0.25, -0.2) is 19.0 Å². The largest absolute Gasteiger partial charge is 0.465 e. The molecule has 4 aromatic rings. The van der Waals surface area contributed by atoms with Gasteiger partial charge in [-0.05, 0) is 48.4 Å². The molecule has 10 nitrogen and oxygen atoms in total. The van der Waals surface area contributed by atoms with Gasteiger partial charge in [0.25, 0.3) is 0 Å². The fraction of sp³-hybridized carbons (Fsp3) is 0.200. The molecule has 3 aromatic carbocycles. The normalized spacial score (nSPS) is 18.2. The first-order valence-corrected chi connectivity index (χ1v) is 13.6. The highest BCUT2D eigenvalue weighted by atomic mass is 35.5. The Morgan fingerprint density at radius 2 is 1.90 bits per heavy atom. The fourth-order valence-electron chi connectivity index (χ4n) is 5.62. The summed E-state index contributed by atoms with van der Waals surface area (Å²) in [4.78, 5) is 46.8. The highest BCUT2D eigenvalue weighted by molar-refractivity contribution is 6.31. The Labute approximate surface area is 244 Å². The van der Waals surface area contributed by atoms with Gasteiger partial charge in [0.2, 0.25) is 5.91 Å². The minimum atomic E-state index is -1.37. The summed E-state index contributed by atoms with van der Waals surface area (Å²) in [6.45, 7) is 0.204. The molecule has 42 heavy (non-hydrogen) atoms.